The fourth-order valence-electron chi connectivity index (χ4n) is 2.95. The van der Waals surface area contributed by atoms with Gasteiger partial charge in [0, 0.05) is 28.4 Å². The first-order valence-corrected chi connectivity index (χ1v) is 10.7. The molecule has 2 heterocycles. The molecular formula is C21H18ClN5O4S. The van der Waals surface area contributed by atoms with Crippen LogP contribution < -0.4 is 20.3 Å². The summed E-state index contributed by atoms with van der Waals surface area (Å²) >= 11 is 7.13. The lowest BCUT2D eigenvalue weighted by molar-refractivity contribution is -0.113. The number of benzene rings is 2. The number of carbonyl (C=O) groups excluding carboxylic acids is 1. The van der Waals surface area contributed by atoms with Crippen molar-refractivity contribution in [3.63, 3.8) is 0 Å². The Morgan fingerprint density at radius 2 is 1.84 bits per heavy atom. The van der Waals surface area contributed by atoms with Crippen molar-refractivity contribution in [2.45, 2.75) is 5.16 Å². The van der Waals surface area contributed by atoms with Gasteiger partial charge in [-0.2, -0.15) is 0 Å². The maximum Gasteiger partial charge on any atom is 0.266 e. The lowest BCUT2D eigenvalue weighted by Gasteiger charge is -2.11. The van der Waals surface area contributed by atoms with Gasteiger partial charge in [0.05, 0.1) is 20.0 Å². The quantitative estimate of drug-likeness (QED) is 0.397. The van der Waals surface area contributed by atoms with E-state index >= 15 is 0 Å². The number of rotatable bonds is 7. The van der Waals surface area contributed by atoms with Gasteiger partial charge in [0.25, 0.3) is 5.56 Å². The van der Waals surface area contributed by atoms with Gasteiger partial charge in [-0.25, -0.2) is 14.5 Å². The number of nitrogens with zero attached hydrogens (tertiary/aromatic N) is 3. The van der Waals surface area contributed by atoms with Crippen molar-refractivity contribution in [3.8, 4) is 22.9 Å². The zero-order chi connectivity index (χ0) is 22.7. The Balaban J connectivity index is 1.55. The van der Waals surface area contributed by atoms with Gasteiger partial charge in [-0.1, -0.05) is 23.4 Å². The summed E-state index contributed by atoms with van der Waals surface area (Å²) in [6.07, 6.45) is 0. The summed E-state index contributed by atoms with van der Waals surface area (Å²) in [4.78, 5) is 33.3. The molecule has 0 aliphatic carbocycles. The van der Waals surface area contributed by atoms with Crippen LogP contribution in [0.15, 0.2) is 58.5 Å². The van der Waals surface area contributed by atoms with Gasteiger partial charge >= 0.3 is 0 Å². The zero-order valence-corrected chi connectivity index (χ0v) is 18.7. The molecule has 0 unspecified atom stereocenters. The fourth-order valence-corrected chi connectivity index (χ4v) is 3.83. The summed E-state index contributed by atoms with van der Waals surface area (Å²) in [6, 6.07) is 13.5. The molecule has 0 spiro atoms. The Labute approximate surface area is 191 Å². The summed E-state index contributed by atoms with van der Waals surface area (Å²) in [5, 5.41) is 6.47. The first-order valence-electron chi connectivity index (χ1n) is 9.37. The van der Waals surface area contributed by atoms with Crippen LogP contribution >= 0.6 is 23.4 Å². The Bertz CT molecular complexity index is 1340. The number of carbonyl (C=O) groups is 1. The van der Waals surface area contributed by atoms with E-state index in [2.05, 4.69) is 20.4 Å². The zero-order valence-electron chi connectivity index (χ0n) is 17.1. The van der Waals surface area contributed by atoms with Crippen molar-refractivity contribution < 1.29 is 14.3 Å². The molecule has 2 aromatic heterocycles. The van der Waals surface area contributed by atoms with E-state index in [1.54, 1.807) is 49.6 Å². The van der Waals surface area contributed by atoms with E-state index in [1.807, 2.05) is 0 Å². The molecule has 0 bridgehead atoms. The molecule has 0 aliphatic rings. The Morgan fingerprint density at radius 3 is 2.56 bits per heavy atom. The summed E-state index contributed by atoms with van der Waals surface area (Å²) in [5.41, 5.74) is 1.39. The van der Waals surface area contributed by atoms with E-state index < -0.39 is 0 Å². The number of ether oxygens (including phenoxy) is 2. The second kappa shape index (κ2) is 9.33. The smallest absolute Gasteiger partial charge is 0.266 e. The largest absolute Gasteiger partial charge is 0.493 e. The SMILES string of the molecule is COc1ccc(NC(=O)CSc2nc(-c3ccc(Cl)cc3)nc3cc(=O)[nH]n23)cc1OC. The summed E-state index contributed by atoms with van der Waals surface area (Å²) in [7, 11) is 3.06. The fraction of sp³-hybridized carbons (Fsp3) is 0.143. The Morgan fingerprint density at radius 1 is 1.09 bits per heavy atom. The third kappa shape index (κ3) is 4.71. The summed E-state index contributed by atoms with van der Waals surface area (Å²) in [6.45, 7) is 0. The van der Waals surface area contributed by atoms with Crippen LogP contribution in [-0.4, -0.2) is 45.5 Å². The second-order valence-corrected chi connectivity index (χ2v) is 7.94. The molecule has 0 atom stereocenters. The summed E-state index contributed by atoms with van der Waals surface area (Å²) in [5.74, 6) is 1.29. The second-order valence-electron chi connectivity index (χ2n) is 6.56. The highest BCUT2D eigenvalue weighted by Crippen LogP contribution is 2.30. The standard InChI is InChI=1S/C21H18ClN5O4S/c1-30-15-8-7-14(9-16(15)31-2)23-19(29)11-32-21-25-20(12-3-5-13(22)6-4-12)24-17-10-18(28)26-27(17)21/h3-10H,11H2,1-2H3,(H,23,29)(H,26,28). The number of H-pyrrole nitrogens is 1. The van der Waals surface area contributed by atoms with E-state index in [9.17, 15) is 9.59 Å². The first kappa shape index (κ1) is 21.7. The number of anilines is 1. The van der Waals surface area contributed by atoms with E-state index in [1.165, 1.54) is 29.5 Å². The van der Waals surface area contributed by atoms with Crippen molar-refractivity contribution in [2.24, 2.45) is 0 Å². The molecule has 0 saturated carbocycles. The Hall–Kier alpha value is -3.50. The highest BCUT2D eigenvalue weighted by atomic mass is 35.5. The molecule has 9 nitrogen and oxygen atoms in total. The first-order chi connectivity index (χ1) is 15.5. The van der Waals surface area contributed by atoms with Gasteiger partial charge in [-0.15, -0.1) is 0 Å². The molecule has 2 aromatic carbocycles. The van der Waals surface area contributed by atoms with Crippen molar-refractivity contribution in [1.82, 2.24) is 19.6 Å². The summed E-state index contributed by atoms with van der Waals surface area (Å²) < 4.78 is 11.9. The van der Waals surface area contributed by atoms with Crippen LogP contribution in [0, 0.1) is 0 Å². The highest BCUT2D eigenvalue weighted by Gasteiger charge is 2.14. The van der Waals surface area contributed by atoms with E-state index in [0.717, 1.165) is 5.56 Å². The molecule has 0 radical (unpaired) electrons. The third-order valence-corrected chi connectivity index (χ3v) is 5.62. The minimum absolute atomic E-state index is 0.0563. The molecule has 1 amide bonds. The van der Waals surface area contributed by atoms with Crippen molar-refractivity contribution >= 4 is 40.6 Å². The maximum atomic E-state index is 12.5. The van der Waals surface area contributed by atoms with Crippen molar-refractivity contribution in [1.29, 1.82) is 0 Å². The number of aromatic amines is 1. The maximum absolute atomic E-state index is 12.5. The van der Waals surface area contributed by atoms with Crippen molar-refractivity contribution in [2.75, 3.05) is 25.3 Å². The molecule has 164 valence electrons. The van der Waals surface area contributed by atoms with Crippen LogP contribution in [0.5, 0.6) is 11.5 Å². The molecule has 0 aliphatic heterocycles. The van der Waals surface area contributed by atoms with Gasteiger partial charge in [0.1, 0.15) is 0 Å². The number of amides is 1. The number of hydrogen-bond acceptors (Lipinski definition) is 7. The number of thioether (sulfide) groups is 1. The number of nitrogens with one attached hydrogen (secondary N) is 2. The molecule has 0 fully saturated rings. The monoisotopic (exact) mass is 471 g/mol. The number of aromatic nitrogens is 4. The molecule has 4 aromatic rings. The topological polar surface area (TPSA) is 111 Å². The van der Waals surface area contributed by atoms with Crippen LogP contribution in [0.2, 0.25) is 5.02 Å². The lowest BCUT2D eigenvalue weighted by atomic mass is 10.2. The van der Waals surface area contributed by atoms with Crippen LogP contribution in [0.3, 0.4) is 0 Å². The van der Waals surface area contributed by atoms with E-state index in [0.29, 0.717) is 38.8 Å². The predicted molar refractivity (Wildman–Crippen MR) is 123 cm³/mol. The number of hydrogen-bond donors (Lipinski definition) is 2. The van der Waals surface area contributed by atoms with Gasteiger partial charge in [0.2, 0.25) is 5.91 Å². The number of methoxy groups -OCH3 is 2. The average molecular weight is 472 g/mol. The third-order valence-electron chi connectivity index (χ3n) is 4.43. The Kier molecular flexibility index (Phi) is 6.33. The predicted octanol–water partition coefficient (Wildman–Crippen LogP) is 3.49. The van der Waals surface area contributed by atoms with Crippen LogP contribution in [-0.2, 0) is 4.79 Å². The van der Waals surface area contributed by atoms with Gasteiger partial charge in [0.15, 0.2) is 28.1 Å². The lowest BCUT2D eigenvalue weighted by Crippen LogP contribution is -2.15. The minimum Gasteiger partial charge on any atom is -0.493 e. The van der Waals surface area contributed by atoms with E-state index in [-0.39, 0.29) is 17.2 Å². The molecule has 2 N–H and O–H groups in total. The molecule has 11 heteroatoms. The molecule has 32 heavy (non-hydrogen) atoms. The van der Waals surface area contributed by atoms with Crippen LogP contribution in [0.25, 0.3) is 17.0 Å². The molecule has 4 rings (SSSR count). The minimum atomic E-state index is -0.316. The highest BCUT2D eigenvalue weighted by molar-refractivity contribution is 7.99. The van der Waals surface area contributed by atoms with Gasteiger partial charge in [-0.3, -0.25) is 14.7 Å². The normalized spacial score (nSPS) is 10.8. The average Bonchev–Trinajstić information content (AvgIpc) is 3.18. The number of halogens is 1. The van der Waals surface area contributed by atoms with Crippen molar-refractivity contribution in [3.05, 3.63) is 63.9 Å². The number of fused-ring (bicyclic) bond motifs is 1. The molecular weight excluding hydrogens is 454 g/mol. The molecule has 0 saturated heterocycles. The van der Waals surface area contributed by atoms with Crippen LogP contribution in [0.1, 0.15) is 0 Å². The van der Waals surface area contributed by atoms with Gasteiger partial charge < -0.3 is 14.8 Å². The van der Waals surface area contributed by atoms with E-state index in [4.69, 9.17) is 21.1 Å². The van der Waals surface area contributed by atoms with Crippen LogP contribution in [0.4, 0.5) is 5.69 Å². The van der Waals surface area contributed by atoms with Gasteiger partial charge in [-0.05, 0) is 36.4 Å².